The molecule has 2 aliphatic heterocycles. The highest BCUT2D eigenvalue weighted by atomic mass is 16.7. The molecule has 0 aromatic heterocycles. The second-order valence-corrected chi connectivity index (χ2v) is 16.3. The van der Waals surface area contributed by atoms with Gasteiger partial charge in [-0.25, -0.2) is 0 Å². The van der Waals surface area contributed by atoms with Crippen LogP contribution in [-0.4, -0.2) is 72.1 Å². The molecule has 12 atom stereocenters. The lowest BCUT2D eigenvalue weighted by molar-refractivity contribution is -0.248. The lowest BCUT2D eigenvalue weighted by Crippen LogP contribution is -2.57. The minimum absolute atomic E-state index is 0.0112. The van der Waals surface area contributed by atoms with Crippen LogP contribution in [0.3, 0.4) is 0 Å². The number of ether oxygens (including phenoxy) is 4. The first-order valence-corrected chi connectivity index (χ1v) is 18.4. The largest absolute Gasteiger partial charge is 0.396 e. The van der Waals surface area contributed by atoms with Gasteiger partial charge >= 0.3 is 0 Å². The minimum Gasteiger partial charge on any atom is -0.396 e. The predicted octanol–water partition coefficient (Wildman–Crippen LogP) is 6.52. The maximum atomic E-state index is 10.6. The normalized spacial score (nSPS) is 44.5. The zero-order chi connectivity index (χ0) is 31.0. The van der Waals surface area contributed by atoms with E-state index < -0.39 is 5.60 Å². The molecule has 4 aliphatic carbocycles. The van der Waals surface area contributed by atoms with E-state index in [0.717, 1.165) is 71.0 Å². The Hall–Kier alpha value is -0.540. The van der Waals surface area contributed by atoms with Crippen molar-refractivity contribution >= 4 is 0 Å². The molecule has 252 valence electrons. The number of rotatable bonds is 11. The van der Waals surface area contributed by atoms with Gasteiger partial charge < -0.3 is 34.3 Å². The molecule has 2 saturated heterocycles. The molecule has 7 heteroatoms. The SMILES string of the molecule is C[C@](O)(CO)CCC[C@@H](CO)[C@H]1CC[C@H]2[C@@H]3CC=C4C[C@@H](OC5CCCCO5)C[C@H](OC5CCCCO5)[C@]4(C)[C@H]3CC[C@]12C. The quantitative estimate of drug-likeness (QED) is 0.227. The van der Waals surface area contributed by atoms with Crippen molar-refractivity contribution in [3.05, 3.63) is 11.6 Å². The van der Waals surface area contributed by atoms with E-state index in [1.165, 1.54) is 38.5 Å². The van der Waals surface area contributed by atoms with Crippen LogP contribution in [-0.2, 0) is 18.9 Å². The van der Waals surface area contributed by atoms with Gasteiger partial charge in [0.05, 0.1) is 24.4 Å². The summed E-state index contributed by atoms with van der Waals surface area (Å²) in [6.07, 6.45) is 19.4. The fraction of sp³-hybridized carbons (Fsp3) is 0.946. The molecule has 0 radical (unpaired) electrons. The molecule has 0 amide bonds. The number of aliphatic hydroxyl groups excluding tert-OH is 2. The first kappa shape index (κ1) is 33.4. The van der Waals surface area contributed by atoms with Crippen molar-refractivity contribution in [3.8, 4) is 0 Å². The van der Waals surface area contributed by atoms with E-state index in [1.54, 1.807) is 12.5 Å². The van der Waals surface area contributed by atoms with Gasteiger partial charge in [-0.05, 0) is 132 Å². The first-order valence-electron chi connectivity index (χ1n) is 18.4. The molecule has 6 aliphatic rings. The number of allylic oxidation sites excluding steroid dienone is 1. The van der Waals surface area contributed by atoms with Gasteiger partial charge in [-0.15, -0.1) is 0 Å². The van der Waals surface area contributed by atoms with Crippen LogP contribution in [0.5, 0.6) is 0 Å². The third-order valence-electron chi connectivity index (χ3n) is 13.6. The topological polar surface area (TPSA) is 97.6 Å². The average molecular weight is 619 g/mol. The molecule has 2 unspecified atom stereocenters. The number of hydrogen-bond acceptors (Lipinski definition) is 7. The first-order chi connectivity index (χ1) is 21.2. The molecule has 0 aromatic carbocycles. The monoisotopic (exact) mass is 618 g/mol. The van der Waals surface area contributed by atoms with Crippen LogP contribution >= 0.6 is 0 Å². The van der Waals surface area contributed by atoms with E-state index in [2.05, 4.69) is 19.9 Å². The molecule has 0 aromatic rings. The summed E-state index contributed by atoms with van der Waals surface area (Å²) in [4.78, 5) is 0. The molecule has 44 heavy (non-hydrogen) atoms. The van der Waals surface area contributed by atoms with Crippen LogP contribution in [0.15, 0.2) is 11.6 Å². The number of fused-ring (bicyclic) bond motifs is 5. The van der Waals surface area contributed by atoms with E-state index in [4.69, 9.17) is 18.9 Å². The van der Waals surface area contributed by atoms with Crippen molar-refractivity contribution < 1.29 is 34.3 Å². The van der Waals surface area contributed by atoms with Gasteiger partial charge in [0.2, 0.25) is 0 Å². The summed E-state index contributed by atoms with van der Waals surface area (Å²) in [5.74, 6) is 2.66. The van der Waals surface area contributed by atoms with Gasteiger partial charge in [-0.2, -0.15) is 0 Å². The van der Waals surface area contributed by atoms with Crippen LogP contribution in [0.4, 0.5) is 0 Å². The van der Waals surface area contributed by atoms with E-state index in [1.807, 2.05) is 0 Å². The lowest BCUT2D eigenvalue weighted by atomic mass is 9.46. The van der Waals surface area contributed by atoms with Crippen molar-refractivity contribution in [3.63, 3.8) is 0 Å². The van der Waals surface area contributed by atoms with Gasteiger partial charge in [0.15, 0.2) is 12.6 Å². The van der Waals surface area contributed by atoms with Crippen LogP contribution in [0, 0.1) is 40.4 Å². The standard InChI is InChI=1S/C37H62O7/c1-35(40,24-39)17-8-9-25(23-38)29-14-15-30-28-13-12-26-21-27(43-33-10-4-6-19-41-33)22-32(44-34-11-5-7-20-42-34)37(26,3)31(28)16-18-36(29,30)2/h12,25,27-34,38-40H,4-11,13-24H2,1-3H3/t25-,27+,28-,29+,30-,31-,32-,33?,34?,35+,36+,37-/m0/s1. The summed E-state index contributed by atoms with van der Waals surface area (Å²) < 4.78 is 25.8. The molecular formula is C37H62O7. The second kappa shape index (κ2) is 13.9. The summed E-state index contributed by atoms with van der Waals surface area (Å²) in [6, 6.07) is 0. The average Bonchev–Trinajstić information content (AvgIpc) is 3.38. The number of hydrogen-bond donors (Lipinski definition) is 3. The maximum absolute atomic E-state index is 10.6. The summed E-state index contributed by atoms with van der Waals surface area (Å²) in [5.41, 5.74) is 0.741. The third kappa shape index (κ3) is 6.59. The van der Waals surface area contributed by atoms with Crippen LogP contribution in [0.1, 0.15) is 124 Å². The highest BCUT2D eigenvalue weighted by molar-refractivity contribution is 5.28. The van der Waals surface area contributed by atoms with Crippen LogP contribution < -0.4 is 0 Å². The van der Waals surface area contributed by atoms with E-state index in [0.29, 0.717) is 30.1 Å². The zero-order valence-corrected chi connectivity index (χ0v) is 27.9. The van der Waals surface area contributed by atoms with Gasteiger partial charge in [-0.1, -0.05) is 31.9 Å². The van der Waals surface area contributed by atoms with E-state index in [9.17, 15) is 15.3 Å². The highest BCUT2D eigenvalue weighted by Crippen LogP contribution is 2.68. The summed E-state index contributed by atoms with van der Waals surface area (Å²) in [7, 11) is 0. The highest BCUT2D eigenvalue weighted by Gasteiger charge is 2.62. The Kier molecular flexibility index (Phi) is 10.5. The Morgan fingerprint density at radius 3 is 2.34 bits per heavy atom. The van der Waals surface area contributed by atoms with Crippen molar-refractivity contribution in [1.29, 1.82) is 0 Å². The molecule has 5 fully saturated rings. The second-order valence-electron chi connectivity index (χ2n) is 16.3. The van der Waals surface area contributed by atoms with Crippen molar-refractivity contribution in [2.45, 2.75) is 154 Å². The van der Waals surface area contributed by atoms with Gasteiger partial charge in [0.25, 0.3) is 0 Å². The Bertz CT molecular complexity index is 971. The molecule has 2 heterocycles. The molecule has 0 spiro atoms. The van der Waals surface area contributed by atoms with E-state index >= 15 is 0 Å². The maximum Gasteiger partial charge on any atom is 0.157 e. The Labute approximate surface area is 266 Å². The Morgan fingerprint density at radius 2 is 1.68 bits per heavy atom. The third-order valence-corrected chi connectivity index (χ3v) is 13.6. The van der Waals surface area contributed by atoms with Crippen LogP contribution in [0.2, 0.25) is 0 Å². The number of aliphatic hydroxyl groups is 3. The summed E-state index contributed by atoms with van der Waals surface area (Å²) in [6.45, 7) is 8.38. The Morgan fingerprint density at radius 1 is 0.955 bits per heavy atom. The lowest BCUT2D eigenvalue weighted by Gasteiger charge is -2.60. The fourth-order valence-electron chi connectivity index (χ4n) is 11.1. The molecule has 6 rings (SSSR count). The minimum atomic E-state index is -1.03. The van der Waals surface area contributed by atoms with Crippen molar-refractivity contribution in [1.82, 2.24) is 0 Å². The Balaban J connectivity index is 1.20. The predicted molar refractivity (Wildman–Crippen MR) is 170 cm³/mol. The van der Waals surface area contributed by atoms with Crippen molar-refractivity contribution in [2.24, 2.45) is 40.4 Å². The van der Waals surface area contributed by atoms with Crippen molar-refractivity contribution in [2.75, 3.05) is 26.4 Å². The molecule has 0 bridgehead atoms. The summed E-state index contributed by atoms with van der Waals surface area (Å²) >= 11 is 0. The zero-order valence-electron chi connectivity index (χ0n) is 27.9. The van der Waals surface area contributed by atoms with Gasteiger partial charge in [0.1, 0.15) is 0 Å². The fourth-order valence-corrected chi connectivity index (χ4v) is 11.1. The van der Waals surface area contributed by atoms with Gasteiger partial charge in [0, 0.05) is 31.7 Å². The smallest absolute Gasteiger partial charge is 0.157 e. The van der Waals surface area contributed by atoms with Gasteiger partial charge in [-0.3, -0.25) is 0 Å². The molecule has 7 nitrogen and oxygen atoms in total. The molecular weight excluding hydrogens is 556 g/mol. The van der Waals surface area contributed by atoms with E-state index in [-0.39, 0.29) is 54.7 Å². The molecule has 3 N–H and O–H groups in total. The van der Waals surface area contributed by atoms with Crippen LogP contribution in [0.25, 0.3) is 0 Å². The molecule has 3 saturated carbocycles. The summed E-state index contributed by atoms with van der Waals surface area (Å²) in [5, 5.41) is 30.4.